The lowest BCUT2D eigenvalue weighted by molar-refractivity contribution is -0.141. The fourth-order valence-electron chi connectivity index (χ4n) is 5.34. The molecule has 0 bridgehead atoms. The molecule has 1 fully saturated rings. The summed E-state index contributed by atoms with van der Waals surface area (Å²) >= 11 is 8.13. The summed E-state index contributed by atoms with van der Waals surface area (Å²) in [5.74, 6) is 0.526. The lowest BCUT2D eigenvalue weighted by atomic mass is 9.71. The maximum Gasteiger partial charge on any atom is 0.303 e. The predicted molar refractivity (Wildman–Crippen MR) is 150 cm³/mol. The van der Waals surface area contributed by atoms with E-state index in [0.717, 1.165) is 54.9 Å². The smallest absolute Gasteiger partial charge is 0.303 e. The van der Waals surface area contributed by atoms with Crippen LogP contribution < -0.4 is 4.74 Å². The maximum atomic E-state index is 13.4. The molecular formula is C29H34ClFN2O4S. The number of halogens is 2. The second-order valence-corrected chi connectivity index (χ2v) is 11.6. The van der Waals surface area contributed by atoms with Crippen LogP contribution in [-0.2, 0) is 4.79 Å². The number of aromatic nitrogens is 1. The van der Waals surface area contributed by atoms with Crippen LogP contribution in [0.4, 0.5) is 4.39 Å². The number of rotatable bonds is 12. The molecule has 38 heavy (non-hydrogen) atoms. The molecule has 204 valence electrons. The van der Waals surface area contributed by atoms with Crippen molar-refractivity contribution in [3.05, 3.63) is 65.1 Å². The van der Waals surface area contributed by atoms with Crippen molar-refractivity contribution in [2.45, 2.75) is 49.5 Å². The van der Waals surface area contributed by atoms with Gasteiger partial charge in [0.05, 0.1) is 30.2 Å². The highest BCUT2D eigenvalue weighted by Gasteiger charge is 2.37. The van der Waals surface area contributed by atoms with Crippen molar-refractivity contribution in [1.82, 2.24) is 9.88 Å². The minimum absolute atomic E-state index is 0.0850. The second kappa shape index (κ2) is 13.1. The summed E-state index contributed by atoms with van der Waals surface area (Å²) in [5, 5.41) is 22.0. The van der Waals surface area contributed by atoms with Crippen molar-refractivity contribution in [3.8, 4) is 5.75 Å². The predicted octanol–water partition coefficient (Wildman–Crippen LogP) is 6.59. The second-order valence-electron chi connectivity index (χ2n) is 10.0. The number of aliphatic hydroxyl groups excluding tert-OH is 1. The zero-order valence-corrected chi connectivity index (χ0v) is 23.1. The molecule has 1 aliphatic rings. The topological polar surface area (TPSA) is 82.9 Å². The normalized spacial score (nSPS) is 16.4. The third-order valence-corrected chi connectivity index (χ3v) is 8.86. The SMILES string of the molecule is COc1ccc2ncc(Cl)c(C(O)CCC3(CC(=O)O)CCN(CCCSc4cccc(F)c4)CC3)c2c1. The number of aliphatic carboxylic acids is 1. The molecule has 0 amide bonds. The maximum absolute atomic E-state index is 13.4. The standard InChI is InChI=1S/C29H34ClFN2O4S/c1-37-21-6-7-25-23(17-21)28(24(30)19-32-25)26(34)8-9-29(18-27(35)36)10-13-33(14-11-29)12-3-15-38-22-5-2-4-20(31)16-22/h2,4-7,16-17,19,26,34H,3,8-15,18H2,1H3,(H,35,36). The molecule has 1 saturated heterocycles. The first-order chi connectivity index (χ1) is 18.3. The molecule has 3 aromatic rings. The molecule has 9 heteroatoms. The van der Waals surface area contributed by atoms with Gasteiger partial charge in [0, 0.05) is 22.0 Å². The zero-order valence-electron chi connectivity index (χ0n) is 21.5. The first-order valence-electron chi connectivity index (χ1n) is 12.9. The van der Waals surface area contributed by atoms with E-state index in [0.29, 0.717) is 34.7 Å². The van der Waals surface area contributed by atoms with E-state index in [9.17, 15) is 19.4 Å². The van der Waals surface area contributed by atoms with Gasteiger partial charge in [-0.05, 0) is 99.3 Å². The molecule has 1 aromatic heterocycles. The number of hydrogen-bond donors (Lipinski definition) is 2. The highest BCUT2D eigenvalue weighted by molar-refractivity contribution is 7.99. The van der Waals surface area contributed by atoms with Gasteiger partial charge >= 0.3 is 5.97 Å². The highest BCUT2D eigenvalue weighted by Crippen LogP contribution is 2.43. The van der Waals surface area contributed by atoms with E-state index >= 15 is 0 Å². The van der Waals surface area contributed by atoms with Gasteiger partial charge in [-0.1, -0.05) is 17.7 Å². The number of hydrogen-bond acceptors (Lipinski definition) is 6. The molecular weight excluding hydrogens is 527 g/mol. The Balaban J connectivity index is 1.35. The Labute approximate surface area is 232 Å². The van der Waals surface area contributed by atoms with E-state index < -0.39 is 12.1 Å². The first-order valence-corrected chi connectivity index (χ1v) is 14.3. The van der Waals surface area contributed by atoms with Crippen LogP contribution in [0, 0.1) is 11.2 Å². The van der Waals surface area contributed by atoms with E-state index in [1.807, 2.05) is 24.3 Å². The van der Waals surface area contributed by atoms with Gasteiger partial charge in [0.2, 0.25) is 0 Å². The van der Waals surface area contributed by atoms with Gasteiger partial charge in [0.25, 0.3) is 0 Å². The number of piperidine rings is 1. The summed E-state index contributed by atoms with van der Waals surface area (Å²) in [6.07, 6.45) is 4.30. The summed E-state index contributed by atoms with van der Waals surface area (Å²) < 4.78 is 18.7. The van der Waals surface area contributed by atoms with Crippen LogP contribution in [-0.4, -0.2) is 58.6 Å². The average molecular weight is 561 g/mol. The van der Waals surface area contributed by atoms with Crippen LogP contribution in [0.3, 0.4) is 0 Å². The van der Waals surface area contributed by atoms with Gasteiger partial charge in [0.1, 0.15) is 11.6 Å². The number of benzene rings is 2. The van der Waals surface area contributed by atoms with E-state index in [1.54, 1.807) is 37.2 Å². The van der Waals surface area contributed by atoms with Crippen LogP contribution in [0.25, 0.3) is 10.9 Å². The molecule has 0 spiro atoms. The highest BCUT2D eigenvalue weighted by atomic mass is 35.5. The largest absolute Gasteiger partial charge is 0.497 e. The van der Waals surface area contributed by atoms with Crippen LogP contribution in [0.2, 0.25) is 5.02 Å². The van der Waals surface area contributed by atoms with Crippen molar-refractivity contribution >= 4 is 40.2 Å². The Bertz CT molecular complexity index is 1250. The first kappa shape index (κ1) is 28.6. The number of ether oxygens (including phenoxy) is 1. The van der Waals surface area contributed by atoms with E-state index in [-0.39, 0.29) is 17.7 Å². The van der Waals surface area contributed by atoms with Crippen molar-refractivity contribution in [2.24, 2.45) is 5.41 Å². The zero-order chi connectivity index (χ0) is 27.1. The molecule has 4 rings (SSSR count). The Hall–Kier alpha value is -2.39. The Morgan fingerprint density at radius 1 is 1.26 bits per heavy atom. The molecule has 2 heterocycles. The molecule has 1 aliphatic heterocycles. The molecule has 6 nitrogen and oxygen atoms in total. The monoisotopic (exact) mass is 560 g/mol. The van der Waals surface area contributed by atoms with Crippen molar-refractivity contribution in [1.29, 1.82) is 0 Å². The minimum atomic E-state index is -0.844. The average Bonchev–Trinajstić information content (AvgIpc) is 2.90. The fraction of sp³-hybridized carbons (Fsp3) is 0.448. The molecule has 1 unspecified atom stereocenters. The summed E-state index contributed by atoms with van der Waals surface area (Å²) in [6.45, 7) is 2.57. The van der Waals surface area contributed by atoms with Crippen molar-refractivity contribution < 1.29 is 24.1 Å². The van der Waals surface area contributed by atoms with Crippen molar-refractivity contribution in [3.63, 3.8) is 0 Å². The molecule has 0 saturated carbocycles. The quantitative estimate of drug-likeness (QED) is 0.191. The summed E-state index contributed by atoms with van der Waals surface area (Å²) in [7, 11) is 1.58. The van der Waals surface area contributed by atoms with Crippen molar-refractivity contribution in [2.75, 3.05) is 32.5 Å². The lowest BCUT2D eigenvalue weighted by Gasteiger charge is -2.41. The van der Waals surface area contributed by atoms with Crippen LogP contribution in [0.1, 0.15) is 50.2 Å². The van der Waals surface area contributed by atoms with E-state index in [4.69, 9.17) is 16.3 Å². The Kier molecular flexibility index (Phi) is 9.87. The Morgan fingerprint density at radius 3 is 2.76 bits per heavy atom. The molecule has 1 atom stereocenters. The van der Waals surface area contributed by atoms with Gasteiger partial charge in [-0.3, -0.25) is 9.78 Å². The molecule has 2 aromatic carbocycles. The summed E-state index contributed by atoms with van der Waals surface area (Å²) in [6, 6.07) is 12.1. The van der Waals surface area contributed by atoms with E-state index in [1.165, 1.54) is 6.07 Å². The van der Waals surface area contributed by atoms with Gasteiger partial charge in [0.15, 0.2) is 0 Å². The molecule has 2 N–H and O–H groups in total. The fourth-order valence-corrected chi connectivity index (χ4v) is 6.50. The van der Waals surface area contributed by atoms with Crippen LogP contribution in [0.5, 0.6) is 5.75 Å². The number of carbonyl (C=O) groups is 1. The number of aliphatic hydroxyl groups is 1. The third-order valence-electron chi connectivity index (χ3n) is 7.48. The summed E-state index contributed by atoms with van der Waals surface area (Å²) in [5.41, 5.74) is 0.953. The third kappa shape index (κ3) is 7.38. The lowest BCUT2D eigenvalue weighted by Crippen LogP contribution is -2.41. The number of nitrogens with zero attached hydrogens (tertiary/aromatic N) is 2. The minimum Gasteiger partial charge on any atom is -0.497 e. The number of carboxylic acids is 1. The number of methoxy groups -OCH3 is 1. The van der Waals surface area contributed by atoms with E-state index in [2.05, 4.69) is 9.88 Å². The Morgan fingerprint density at radius 2 is 2.05 bits per heavy atom. The molecule has 0 aliphatic carbocycles. The number of fused-ring (bicyclic) bond motifs is 1. The number of likely N-dealkylation sites (tertiary alicyclic amines) is 1. The van der Waals surface area contributed by atoms with Crippen LogP contribution >= 0.6 is 23.4 Å². The number of carboxylic acid groups (broad SMARTS) is 1. The summed E-state index contributed by atoms with van der Waals surface area (Å²) in [4.78, 5) is 19.5. The van der Waals surface area contributed by atoms with Gasteiger partial charge in [-0.2, -0.15) is 0 Å². The van der Waals surface area contributed by atoms with Gasteiger partial charge < -0.3 is 19.8 Å². The van der Waals surface area contributed by atoms with Crippen LogP contribution in [0.15, 0.2) is 53.6 Å². The van der Waals surface area contributed by atoms with Gasteiger partial charge in [-0.15, -0.1) is 11.8 Å². The number of thioether (sulfide) groups is 1. The number of pyridine rings is 1. The molecule has 0 radical (unpaired) electrons. The van der Waals surface area contributed by atoms with Gasteiger partial charge in [-0.25, -0.2) is 4.39 Å².